The van der Waals surface area contributed by atoms with E-state index in [2.05, 4.69) is 25.5 Å². The van der Waals surface area contributed by atoms with Gasteiger partial charge in [0.05, 0.1) is 0 Å². The number of hydrogen-bond acceptors (Lipinski definition) is 1. The standard InChI is InChI=1S/C14H15ClS/c1-10(2)12(4)16-9-11(3)13-6-5-7-14(15)8-13/h5-9H,1,4H2,2-3H3/b11-9+. The summed E-state index contributed by atoms with van der Waals surface area (Å²) in [5, 5.41) is 2.83. The summed E-state index contributed by atoms with van der Waals surface area (Å²) >= 11 is 7.53. The zero-order valence-electron chi connectivity index (χ0n) is 9.59. The third kappa shape index (κ3) is 3.92. The van der Waals surface area contributed by atoms with Crippen LogP contribution in [0.5, 0.6) is 0 Å². The average Bonchev–Trinajstić information content (AvgIpc) is 2.25. The number of thioether (sulfide) groups is 1. The zero-order valence-corrected chi connectivity index (χ0v) is 11.2. The molecule has 0 N–H and O–H groups in total. The maximum atomic E-state index is 5.94. The first-order valence-electron chi connectivity index (χ1n) is 4.95. The van der Waals surface area contributed by atoms with Crippen molar-refractivity contribution in [2.75, 3.05) is 0 Å². The van der Waals surface area contributed by atoms with E-state index in [1.807, 2.05) is 31.2 Å². The molecule has 16 heavy (non-hydrogen) atoms. The minimum Gasteiger partial charge on any atom is -0.0981 e. The van der Waals surface area contributed by atoms with Gasteiger partial charge in [0, 0.05) is 9.93 Å². The van der Waals surface area contributed by atoms with Crippen molar-refractivity contribution in [3.63, 3.8) is 0 Å². The second-order valence-electron chi connectivity index (χ2n) is 3.63. The van der Waals surface area contributed by atoms with Crippen molar-refractivity contribution >= 4 is 28.9 Å². The van der Waals surface area contributed by atoms with E-state index in [0.29, 0.717) is 0 Å². The summed E-state index contributed by atoms with van der Waals surface area (Å²) in [6.45, 7) is 11.8. The van der Waals surface area contributed by atoms with Gasteiger partial charge in [-0.2, -0.15) is 0 Å². The van der Waals surface area contributed by atoms with Crippen LogP contribution in [0.4, 0.5) is 0 Å². The van der Waals surface area contributed by atoms with Crippen molar-refractivity contribution < 1.29 is 0 Å². The maximum absolute atomic E-state index is 5.94. The SMILES string of the molecule is C=C(C)C(=C)S/C=C(\C)c1cccc(Cl)c1. The van der Waals surface area contributed by atoms with Crippen LogP contribution < -0.4 is 0 Å². The molecule has 0 atom stereocenters. The second kappa shape index (κ2) is 5.97. The van der Waals surface area contributed by atoms with Gasteiger partial charge in [-0.25, -0.2) is 0 Å². The van der Waals surface area contributed by atoms with Crippen LogP contribution in [-0.2, 0) is 0 Å². The fourth-order valence-electron chi connectivity index (χ4n) is 1.06. The number of hydrogen-bond donors (Lipinski definition) is 0. The highest BCUT2D eigenvalue weighted by Crippen LogP contribution is 2.27. The molecule has 0 fully saturated rings. The Morgan fingerprint density at radius 3 is 2.56 bits per heavy atom. The first kappa shape index (κ1) is 13.1. The molecule has 0 bridgehead atoms. The lowest BCUT2D eigenvalue weighted by Gasteiger charge is -2.04. The van der Waals surface area contributed by atoms with Crippen LogP contribution >= 0.6 is 23.4 Å². The number of allylic oxidation sites excluding steroid dienone is 2. The van der Waals surface area contributed by atoms with Gasteiger partial charge in [0.25, 0.3) is 0 Å². The molecule has 0 saturated heterocycles. The molecular weight excluding hydrogens is 236 g/mol. The smallest absolute Gasteiger partial charge is 0.0412 e. The van der Waals surface area contributed by atoms with Crippen molar-refractivity contribution in [2.45, 2.75) is 13.8 Å². The Balaban J connectivity index is 2.78. The molecule has 1 aromatic carbocycles. The Hall–Kier alpha value is -0.920. The average molecular weight is 251 g/mol. The molecule has 0 heterocycles. The van der Waals surface area contributed by atoms with Gasteiger partial charge < -0.3 is 0 Å². The Labute approximate surface area is 107 Å². The van der Waals surface area contributed by atoms with Crippen LogP contribution in [0.1, 0.15) is 19.4 Å². The molecule has 0 nitrogen and oxygen atoms in total. The van der Waals surface area contributed by atoms with E-state index in [9.17, 15) is 0 Å². The van der Waals surface area contributed by atoms with Crippen molar-refractivity contribution in [3.8, 4) is 0 Å². The third-order valence-electron chi connectivity index (χ3n) is 2.13. The molecule has 0 aromatic heterocycles. The van der Waals surface area contributed by atoms with Crippen molar-refractivity contribution in [2.24, 2.45) is 0 Å². The second-order valence-corrected chi connectivity index (χ2v) is 5.03. The first-order chi connectivity index (χ1) is 7.50. The zero-order chi connectivity index (χ0) is 12.1. The van der Waals surface area contributed by atoms with Gasteiger partial charge in [-0.05, 0) is 48.1 Å². The molecule has 0 amide bonds. The van der Waals surface area contributed by atoms with Crippen LogP contribution in [0.15, 0.2) is 53.3 Å². The summed E-state index contributed by atoms with van der Waals surface area (Å²) in [4.78, 5) is 0.987. The van der Waals surface area contributed by atoms with E-state index in [1.165, 1.54) is 5.57 Å². The monoisotopic (exact) mass is 250 g/mol. The van der Waals surface area contributed by atoms with Crippen LogP contribution in [0.25, 0.3) is 5.57 Å². The molecule has 1 rings (SSSR count). The van der Waals surface area contributed by atoms with Gasteiger partial charge in [0.1, 0.15) is 0 Å². The van der Waals surface area contributed by atoms with Gasteiger partial charge >= 0.3 is 0 Å². The minimum absolute atomic E-state index is 0.758. The van der Waals surface area contributed by atoms with Crippen LogP contribution in [0, 0.1) is 0 Å². The van der Waals surface area contributed by atoms with Crippen molar-refractivity contribution in [1.82, 2.24) is 0 Å². The summed E-state index contributed by atoms with van der Waals surface area (Å²) < 4.78 is 0. The summed E-state index contributed by atoms with van der Waals surface area (Å²) in [6, 6.07) is 7.82. The lowest BCUT2D eigenvalue weighted by molar-refractivity contribution is 1.55. The van der Waals surface area contributed by atoms with E-state index >= 15 is 0 Å². The van der Waals surface area contributed by atoms with E-state index < -0.39 is 0 Å². The molecule has 84 valence electrons. The maximum Gasteiger partial charge on any atom is 0.0412 e. The summed E-state index contributed by atoms with van der Waals surface area (Å²) in [5.74, 6) is 0. The predicted octanol–water partition coefficient (Wildman–Crippen LogP) is 5.52. The van der Waals surface area contributed by atoms with Crippen LogP contribution in [0.3, 0.4) is 0 Å². The number of halogens is 1. The predicted molar refractivity (Wildman–Crippen MR) is 76.6 cm³/mol. The molecule has 0 radical (unpaired) electrons. The quantitative estimate of drug-likeness (QED) is 0.634. The number of rotatable bonds is 4. The Morgan fingerprint density at radius 1 is 1.31 bits per heavy atom. The summed E-state index contributed by atoms with van der Waals surface area (Å²) in [5.41, 5.74) is 3.31. The van der Waals surface area contributed by atoms with Gasteiger partial charge in [0.15, 0.2) is 0 Å². The lowest BCUT2D eigenvalue weighted by atomic mass is 10.1. The summed E-state index contributed by atoms with van der Waals surface area (Å²) in [6.07, 6.45) is 0. The van der Waals surface area contributed by atoms with E-state index in [1.54, 1.807) is 11.8 Å². The molecular formula is C14H15ClS. The van der Waals surface area contributed by atoms with E-state index in [0.717, 1.165) is 21.1 Å². The molecule has 0 aliphatic rings. The summed E-state index contributed by atoms with van der Waals surface area (Å²) in [7, 11) is 0. The van der Waals surface area contributed by atoms with Crippen LogP contribution in [0.2, 0.25) is 5.02 Å². The van der Waals surface area contributed by atoms with Crippen molar-refractivity contribution in [3.05, 3.63) is 63.9 Å². The van der Waals surface area contributed by atoms with E-state index in [4.69, 9.17) is 11.6 Å². The van der Waals surface area contributed by atoms with Crippen LogP contribution in [-0.4, -0.2) is 0 Å². The fraction of sp³-hybridized carbons (Fsp3) is 0.143. The molecule has 0 unspecified atom stereocenters. The third-order valence-corrected chi connectivity index (χ3v) is 3.47. The molecule has 0 aliphatic heterocycles. The normalized spacial score (nSPS) is 11.3. The van der Waals surface area contributed by atoms with Gasteiger partial charge in [-0.3, -0.25) is 0 Å². The molecule has 0 saturated carbocycles. The highest BCUT2D eigenvalue weighted by molar-refractivity contribution is 8.06. The highest BCUT2D eigenvalue weighted by atomic mass is 35.5. The van der Waals surface area contributed by atoms with E-state index in [-0.39, 0.29) is 0 Å². The lowest BCUT2D eigenvalue weighted by Crippen LogP contribution is -1.79. The highest BCUT2D eigenvalue weighted by Gasteiger charge is 1.98. The minimum atomic E-state index is 0.758. The molecule has 2 heteroatoms. The molecule has 0 spiro atoms. The fourth-order valence-corrected chi connectivity index (χ4v) is 1.91. The van der Waals surface area contributed by atoms with Gasteiger partial charge in [0.2, 0.25) is 0 Å². The Bertz CT molecular complexity index is 444. The molecule has 0 aliphatic carbocycles. The van der Waals surface area contributed by atoms with Gasteiger partial charge in [-0.1, -0.05) is 48.7 Å². The Morgan fingerprint density at radius 2 is 2.00 bits per heavy atom. The van der Waals surface area contributed by atoms with Gasteiger partial charge in [-0.15, -0.1) is 0 Å². The van der Waals surface area contributed by atoms with Crippen molar-refractivity contribution in [1.29, 1.82) is 0 Å². The number of benzene rings is 1. The first-order valence-corrected chi connectivity index (χ1v) is 6.20. The topological polar surface area (TPSA) is 0 Å². The largest absolute Gasteiger partial charge is 0.0981 e. The Kier molecular flexibility index (Phi) is 4.91. The molecule has 1 aromatic rings.